The Bertz CT molecular complexity index is 1240. The Labute approximate surface area is 187 Å². The summed E-state index contributed by atoms with van der Waals surface area (Å²) < 4.78 is 12.9. The van der Waals surface area contributed by atoms with Gasteiger partial charge in [-0.2, -0.15) is 5.10 Å². The van der Waals surface area contributed by atoms with Gasteiger partial charge in [0, 0.05) is 22.7 Å². The molecule has 0 atom stereocenters. The molecule has 2 N–H and O–H groups in total. The Morgan fingerprint density at radius 3 is 2.47 bits per heavy atom. The van der Waals surface area contributed by atoms with Crippen LogP contribution < -0.4 is 10.5 Å². The van der Waals surface area contributed by atoms with Gasteiger partial charge in [-0.25, -0.2) is 0 Å². The molecule has 6 nitrogen and oxygen atoms in total. The van der Waals surface area contributed by atoms with E-state index in [1.807, 2.05) is 53.2 Å². The summed E-state index contributed by atoms with van der Waals surface area (Å²) in [6, 6.07) is 21.9. The molecule has 0 saturated heterocycles. The molecular weight excluding hydrogens is 402 g/mol. The molecule has 4 aromatic rings. The van der Waals surface area contributed by atoms with Crippen LogP contribution in [0.1, 0.15) is 31.1 Å². The Morgan fingerprint density at radius 2 is 1.75 bits per heavy atom. The first-order chi connectivity index (χ1) is 15.5. The topological polar surface area (TPSA) is 79.4 Å². The number of aromatic nitrogens is 2. The molecular formula is C26H27N3O3. The number of nitrogen functional groups attached to an aromatic ring is 1. The van der Waals surface area contributed by atoms with Gasteiger partial charge in [0.25, 0.3) is 0 Å². The molecule has 0 radical (unpaired) electrons. The van der Waals surface area contributed by atoms with Crippen LogP contribution >= 0.6 is 0 Å². The van der Waals surface area contributed by atoms with Crippen molar-refractivity contribution in [3.8, 4) is 16.9 Å². The Hall–Kier alpha value is -3.80. The number of hydrogen-bond donors (Lipinski definition) is 1. The summed E-state index contributed by atoms with van der Waals surface area (Å²) in [5.41, 5.74) is 11.5. The van der Waals surface area contributed by atoms with Crippen LogP contribution in [0.4, 0.5) is 5.69 Å². The maximum atomic E-state index is 11.8. The molecule has 1 aromatic heterocycles. The van der Waals surface area contributed by atoms with Crippen molar-refractivity contribution in [3.05, 3.63) is 78.0 Å². The Kier molecular flexibility index (Phi) is 6.12. The molecule has 164 valence electrons. The van der Waals surface area contributed by atoms with Crippen molar-refractivity contribution in [3.63, 3.8) is 0 Å². The van der Waals surface area contributed by atoms with Gasteiger partial charge in [0.15, 0.2) is 0 Å². The van der Waals surface area contributed by atoms with Crippen LogP contribution in [0, 0.1) is 0 Å². The van der Waals surface area contributed by atoms with E-state index in [1.54, 1.807) is 0 Å². The number of anilines is 1. The van der Waals surface area contributed by atoms with Gasteiger partial charge in [0.05, 0.1) is 19.0 Å². The van der Waals surface area contributed by atoms with Crippen LogP contribution in [-0.4, -0.2) is 22.9 Å². The van der Waals surface area contributed by atoms with Crippen LogP contribution in [0.15, 0.2) is 66.7 Å². The lowest BCUT2D eigenvalue weighted by molar-refractivity contribution is -0.139. The first kappa shape index (κ1) is 21.4. The van der Waals surface area contributed by atoms with Crippen LogP contribution in [0.25, 0.3) is 22.0 Å². The second kappa shape index (κ2) is 9.14. The standard InChI is InChI=1S/C26H27N3O3/c1-17(2)29-24-13-10-19(18-8-11-21(27)12-9-18)14-22(24)23(28-29)16-32-25-7-5-4-6-20(25)15-26(30)31-3/h4-14,17H,15-16,27H2,1-3H3. The molecule has 0 aliphatic heterocycles. The number of hydrogen-bond acceptors (Lipinski definition) is 5. The molecule has 0 bridgehead atoms. The summed E-state index contributed by atoms with van der Waals surface area (Å²) in [6.45, 7) is 4.51. The number of carbonyl (C=O) groups excluding carboxylic acids is 1. The van der Waals surface area contributed by atoms with E-state index in [0.29, 0.717) is 12.4 Å². The van der Waals surface area contributed by atoms with Gasteiger partial charge in [0.1, 0.15) is 18.1 Å². The smallest absolute Gasteiger partial charge is 0.310 e. The van der Waals surface area contributed by atoms with Crippen LogP contribution in [0.2, 0.25) is 0 Å². The highest BCUT2D eigenvalue weighted by molar-refractivity contribution is 5.87. The zero-order chi connectivity index (χ0) is 22.7. The molecule has 6 heteroatoms. The number of fused-ring (bicyclic) bond motifs is 1. The highest BCUT2D eigenvalue weighted by Crippen LogP contribution is 2.30. The summed E-state index contributed by atoms with van der Waals surface area (Å²) >= 11 is 0. The summed E-state index contributed by atoms with van der Waals surface area (Å²) in [6.07, 6.45) is 0.162. The molecule has 1 heterocycles. The number of carbonyl (C=O) groups is 1. The van der Waals surface area contributed by atoms with Crippen LogP contribution in [-0.2, 0) is 22.6 Å². The van der Waals surface area contributed by atoms with Crippen molar-refractivity contribution in [1.82, 2.24) is 9.78 Å². The number of ether oxygens (including phenoxy) is 2. The summed E-state index contributed by atoms with van der Waals surface area (Å²) in [5, 5.41) is 5.88. The zero-order valence-corrected chi connectivity index (χ0v) is 18.5. The van der Waals surface area contributed by atoms with Gasteiger partial charge in [-0.15, -0.1) is 0 Å². The molecule has 0 fully saturated rings. The third-order valence-corrected chi connectivity index (χ3v) is 5.42. The van der Waals surface area contributed by atoms with Crippen molar-refractivity contribution in [2.45, 2.75) is 32.9 Å². The molecule has 4 rings (SSSR count). The average Bonchev–Trinajstić information content (AvgIpc) is 3.17. The van der Waals surface area contributed by atoms with E-state index < -0.39 is 0 Å². The number of benzene rings is 3. The van der Waals surface area contributed by atoms with E-state index in [9.17, 15) is 4.79 Å². The molecule has 0 saturated carbocycles. The van der Waals surface area contributed by atoms with Crippen LogP contribution in [0.5, 0.6) is 5.75 Å². The van der Waals surface area contributed by atoms with Gasteiger partial charge in [-0.3, -0.25) is 9.48 Å². The van der Waals surface area contributed by atoms with Crippen molar-refractivity contribution in [2.24, 2.45) is 0 Å². The minimum atomic E-state index is -0.302. The third kappa shape index (κ3) is 4.44. The van der Waals surface area contributed by atoms with Crippen molar-refractivity contribution in [1.29, 1.82) is 0 Å². The minimum Gasteiger partial charge on any atom is -0.487 e. The number of nitrogens with zero attached hydrogens (tertiary/aromatic N) is 2. The number of para-hydroxylation sites is 1. The van der Waals surface area contributed by atoms with E-state index in [2.05, 4.69) is 32.0 Å². The predicted octanol–water partition coefficient (Wildman–Crippen LogP) is 5.16. The third-order valence-electron chi connectivity index (χ3n) is 5.42. The fourth-order valence-corrected chi connectivity index (χ4v) is 3.72. The minimum absolute atomic E-state index is 0.162. The second-order valence-electron chi connectivity index (χ2n) is 7.99. The zero-order valence-electron chi connectivity index (χ0n) is 18.5. The normalized spacial score (nSPS) is 11.1. The number of nitrogens with two attached hydrogens (primary N) is 1. The lowest BCUT2D eigenvalue weighted by Crippen LogP contribution is -2.07. The predicted molar refractivity (Wildman–Crippen MR) is 126 cm³/mol. The maximum Gasteiger partial charge on any atom is 0.310 e. The SMILES string of the molecule is COC(=O)Cc1ccccc1OCc1nn(C(C)C)c2ccc(-c3ccc(N)cc3)cc12. The second-order valence-corrected chi connectivity index (χ2v) is 7.99. The monoisotopic (exact) mass is 429 g/mol. The summed E-state index contributed by atoms with van der Waals surface area (Å²) in [5.74, 6) is 0.351. The largest absolute Gasteiger partial charge is 0.487 e. The van der Waals surface area contributed by atoms with Gasteiger partial charge in [-0.05, 0) is 55.3 Å². The average molecular weight is 430 g/mol. The first-order valence-electron chi connectivity index (χ1n) is 10.6. The number of esters is 1. The Morgan fingerprint density at radius 1 is 1.03 bits per heavy atom. The molecule has 3 aromatic carbocycles. The quantitative estimate of drug-likeness (QED) is 0.324. The maximum absolute atomic E-state index is 11.8. The van der Waals surface area contributed by atoms with Crippen LogP contribution in [0.3, 0.4) is 0 Å². The number of rotatable bonds is 7. The molecule has 0 unspecified atom stereocenters. The number of methoxy groups -OCH3 is 1. The van der Waals surface area contributed by atoms with Crippen molar-refractivity contribution in [2.75, 3.05) is 12.8 Å². The molecule has 32 heavy (non-hydrogen) atoms. The first-order valence-corrected chi connectivity index (χ1v) is 10.6. The van der Waals surface area contributed by atoms with Gasteiger partial charge in [-0.1, -0.05) is 36.4 Å². The molecule has 0 spiro atoms. The lowest BCUT2D eigenvalue weighted by atomic mass is 10.0. The fourth-order valence-electron chi connectivity index (χ4n) is 3.72. The van der Waals surface area contributed by atoms with Crippen molar-refractivity contribution < 1.29 is 14.3 Å². The summed E-state index contributed by atoms with van der Waals surface area (Å²) in [7, 11) is 1.38. The lowest BCUT2D eigenvalue weighted by Gasteiger charge is -2.10. The van der Waals surface area contributed by atoms with Gasteiger partial charge >= 0.3 is 5.97 Å². The van der Waals surface area contributed by atoms with E-state index in [4.69, 9.17) is 20.3 Å². The Balaban J connectivity index is 1.68. The van der Waals surface area contributed by atoms with Gasteiger partial charge in [0.2, 0.25) is 0 Å². The molecule has 0 aliphatic carbocycles. The van der Waals surface area contributed by atoms with E-state index in [1.165, 1.54) is 7.11 Å². The highest BCUT2D eigenvalue weighted by atomic mass is 16.5. The van der Waals surface area contributed by atoms with Crippen molar-refractivity contribution >= 4 is 22.6 Å². The highest BCUT2D eigenvalue weighted by Gasteiger charge is 2.16. The van der Waals surface area contributed by atoms with Gasteiger partial charge < -0.3 is 15.2 Å². The van der Waals surface area contributed by atoms with E-state index in [0.717, 1.165) is 39.0 Å². The fraction of sp³-hybridized carbons (Fsp3) is 0.231. The van der Waals surface area contributed by atoms with E-state index >= 15 is 0 Å². The van der Waals surface area contributed by atoms with E-state index in [-0.39, 0.29) is 18.4 Å². The molecule has 0 amide bonds. The summed E-state index contributed by atoms with van der Waals surface area (Å²) in [4.78, 5) is 11.8. The molecule has 0 aliphatic rings.